The molecule has 0 spiro atoms. The molecule has 0 aromatic carbocycles. The van der Waals surface area contributed by atoms with Crippen molar-refractivity contribution in [3.63, 3.8) is 0 Å². The van der Waals surface area contributed by atoms with E-state index in [9.17, 15) is 5.11 Å². The molecule has 0 bridgehead atoms. The molecule has 0 aliphatic heterocycles. The largest absolute Gasteiger partial charge is 0.390 e. The SMILES string of the molecule is CN(C)CC(O)CNCCCn1cccn1. The summed E-state index contributed by atoms with van der Waals surface area (Å²) in [5.41, 5.74) is 0. The first-order valence-corrected chi connectivity index (χ1v) is 5.69. The topological polar surface area (TPSA) is 53.3 Å². The van der Waals surface area contributed by atoms with Gasteiger partial charge in [-0.25, -0.2) is 0 Å². The van der Waals surface area contributed by atoms with E-state index in [4.69, 9.17) is 0 Å². The summed E-state index contributed by atoms with van der Waals surface area (Å²) in [6.45, 7) is 3.18. The highest BCUT2D eigenvalue weighted by Crippen LogP contribution is 1.89. The van der Waals surface area contributed by atoms with Crippen LogP contribution in [0.15, 0.2) is 18.5 Å². The summed E-state index contributed by atoms with van der Waals surface area (Å²) in [5, 5.41) is 16.9. The zero-order chi connectivity index (χ0) is 11.8. The zero-order valence-corrected chi connectivity index (χ0v) is 10.1. The lowest BCUT2D eigenvalue weighted by Crippen LogP contribution is -2.35. The molecule has 0 aliphatic rings. The smallest absolute Gasteiger partial charge is 0.0791 e. The van der Waals surface area contributed by atoms with Crippen LogP contribution >= 0.6 is 0 Å². The molecule has 0 saturated heterocycles. The number of rotatable bonds is 8. The van der Waals surface area contributed by atoms with Crippen LogP contribution in [0, 0.1) is 0 Å². The highest BCUT2D eigenvalue weighted by Gasteiger charge is 2.03. The first-order valence-electron chi connectivity index (χ1n) is 5.69. The van der Waals surface area contributed by atoms with Crippen molar-refractivity contribution < 1.29 is 5.11 Å². The first-order chi connectivity index (χ1) is 7.68. The summed E-state index contributed by atoms with van der Waals surface area (Å²) in [6, 6.07) is 1.92. The molecule has 1 unspecified atom stereocenters. The Hall–Kier alpha value is -0.910. The maximum atomic E-state index is 9.58. The van der Waals surface area contributed by atoms with Gasteiger partial charge in [-0.15, -0.1) is 0 Å². The van der Waals surface area contributed by atoms with Crippen molar-refractivity contribution in [1.29, 1.82) is 0 Å². The van der Waals surface area contributed by atoms with Crippen molar-refractivity contribution in [2.45, 2.75) is 19.1 Å². The van der Waals surface area contributed by atoms with Crippen LogP contribution in [-0.4, -0.2) is 59.6 Å². The molecule has 0 radical (unpaired) electrons. The van der Waals surface area contributed by atoms with Gasteiger partial charge in [-0.05, 0) is 33.1 Å². The van der Waals surface area contributed by atoms with E-state index < -0.39 is 0 Å². The number of aryl methyl sites for hydroxylation is 1. The molecule has 0 aliphatic carbocycles. The molecule has 1 rings (SSSR count). The highest BCUT2D eigenvalue weighted by atomic mass is 16.3. The number of nitrogens with zero attached hydrogens (tertiary/aromatic N) is 3. The Kier molecular flexibility index (Phi) is 6.07. The number of nitrogens with one attached hydrogen (secondary N) is 1. The Labute approximate surface area is 97.1 Å². The fourth-order valence-corrected chi connectivity index (χ4v) is 1.55. The average Bonchev–Trinajstić information content (AvgIpc) is 2.68. The summed E-state index contributed by atoms with van der Waals surface area (Å²) in [5.74, 6) is 0. The first kappa shape index (κ1) is 13.2. The van der Waals surface area contributed by atoms with Crippen molar-refractivity contribution in [1.82, 2.24) is 20.0 Å². The van der Waals surface area contributed by atoms with Crippen LogP contribution in [0.4, 0.5) is 0 Å². The molecule has 0 saturated carbocycles. The molecule has 1 heterocycles. The maximum Gasteiger partial charge on any atom is 0.0791 e. The zero-order valence-electron chi connectivity index (χ0n) is 10.1. The molecule has 5 heteroatoms. The standard InChI is InChI=1S/C11H22N4O/c1-14(2)10-11(16)9-12-5-3-7-15-8-4-6-13-15/h4,6,8,11-12,16H,3,5,7,9-10H2,1-2H3. The van der Waals surface area contributed by atoms with Gasteiger partial charge in [0.25, 0.3) is 0 Å². The molecule has 5 nitrogen and oxygen atoms in total. The van der Waals surface area contributed by atoms with Gasteiger partial charge in [-0.2, -0.15) is 5.10 Å². The quantitative estimate of drug-likeness (QED) is 0.602. The van der Waals surface area contributed by atoms with Crippen LogP contribution in [-0.2, 0) is 6.54 Å². The van der Waals surface area contributed by atoms with Crippen molar-refractivity contribution in [2.24, 2.45) is 0 Å². The number of likely N-dealkylation sites (N-methyl/N-ethyl adjacent to an activating group) is 1. The van der Waals surface area contributed by atoms with E-state index in [0.717, 1.165) is 19.5 Å². The second-order valence-electron chi connectivity index (χ2n) is 4.24. The monoisotopic (exact) mass is 226 g/mol. The highest BCUT2D eigenvalue weighted by molar-refractivity contribution is 4.77. The minimum atomic E-state index is -0.292. The number of aromatic nitrogens is 2. The Morgan fingerprint density at radius 3 is 2.94 bits per heavy atom. The summed E-state index contributed by atoms with van der Waals surface area (Å²) in [7, 11) is 3.92. The fraction of sp³-hybridized carbons (Fsp3) is 0.727. The number of hydrogen-bond acceptors (Lipinski definition) is 4. The molecular weight excluding hydrogens is 204 g/mol. The van der Waals surface area contributed by atoms with Crippen LogP contribution in [0.2, 0.25) is 0 Å². The summed E-state index contributed by atoms with van der Waals surface area (Å²) in [6.07, 6.45) is 4.48. The van der Waals surface area contributed by atoms with Gasteiger partial charge in [-0.1, -0.05) is 0 Å². The molecule has 2 N–H and O–H groups in total. The van der Waals surface area contributed by atoms with Crippen molar-refractivity contribution in [3.8, 4) is 0 Å². The van der Waals surface area contributed by atoms with Gasteiger partial charge in [-0.3, -0.25) is 4.68 Å². The summed E-state index contributed by atoms with van der Waals surface area (Å²) < 4.78 is 1.91. The van der Waals surface area contributed by atoms with Crippen LogP contribution in [0.3, 0.4) is 0 Å². The van der Waals surface area contributed by atoms with Gasteiger partial charge >= 0.3 is 0 Å². The third kappa shape index (κ3) is 5.85. The Morgan fingerprint density at radius 1 is 1.50 bits per heavy atom. The van der Waals surface area contributed by atoms with Gasteiger partial charge in [0.15, 0.2) is 0 Å². The predicted molar refractivity (Wildman–Crippen MR) is 64.3 cm³/mol. The van der Waals surface area contributed by atoms with Gasteiger partial charge in [0.05, 0.1) is 6.10 Å². The van der Waals surface area contributed by atoms with E-state index in [-0.39, 0.29) is 6.10 Å². The van der Waals surface area contributed by atoms with E-state index in [2.05, 4.69) is 10.4 Å². The van der Waals surface area contributed by atoms with Crippen LogP contribution in [0.5, 0.6) is 0 Å². The van der Waals surface area contributed by atoms with E-state index >= 15 is 0 Å². The molecule has 92 valence electrons. The van der Waals surface area contributed by atoms with E-state index in [0.29, 0.717) is 13.1 Å². The van der Waals surface area contributed by atoms with E-state index in [1.165, 1.54) is 0 Å². The number of aliphatic hydroxyl groups excluding tert-OH is 1. The summed E-state index contributed by atoms with van der Waals surface area (Å²) >= 11 is 0. The molecular formula is C11H22N4O. The van der Waals surface area contributed by atoms with Crippen molar-refractivity contribution >= 4 is 0 Å². The normalized spacial score (nSPS) is 13.2. The van der Waals surface area contributed by atoms with E-state index in [1.807, 2.05) is 35.9 Å². The van der Waals surface area contributed by atoms with Gasteiger partial charge in [0, 0.05) is 32.0 Å². The Balaban J connectivity index is 1.95. The molecule has 16 heavy (non-hydrogen) atoms. The van der Waals surface area contributed by atoms with Crippen molar-refractivity contribution in [3.05, 3.63) is 18.5 Å². The lowest BCUT2D eigenvalue weighted by atomic mass is 10.3. The van der Waals surface area contributed by atoms with Crippen LogP contribution < -0.4 is 5.32 Å². The second kappa shape index (κ2) is 7.38. The number of aliphatic hydroxyl groups is 1. The number of hydrogen-bond donors (Lipinski definition) is 2. The lowest BCUT2D eigenvalue weighted by molar-refractivity contribution is 0.135. The maximum absolute atomic E-state index is 9.58. The third-order valence-electron chi connectivity index (χ3n) is 2.26. The Bertz CT molecular complexity index is 261. The van der Waals surface area contributed by atoms with Gasteiger partial charge in [0.1, 0.15) is 0 Å². The van der Waals surface area contributed by atoms with Crippen LogP contribution in [0.25, 0.3) is 0 Å². The molecule has 0 fully saturated rings. The Morgan fingerprint density at radius 2 is 2.31 bits per heavy atom. The van der Waals surface area contributed by atoms with Gasteiger partial charge < -0.3 is 15.3 Å². The fourth-order valence-electron chi connectivity index (χ4n) is 1.55. The predicted octanol–water partition coefficient (Wildman–Crippen LogP) is -0.215. The second-order valence-corrected chi connectivity index (χ2v) is 4.24. The molecule has 1 aromatic heterocycles. The van der Waals surface area contributed by atoms with E-state index in [1.54, 1.807) is 6.20 Å². The van der Waals surface area contributed by atoms with Gasteiger partial charge in [0.2, 0.25) is 0 Å². The molecule has 0 amide bonds. The minimum Gasteiger partial charge on any atom is -0.390 e. The van der Waals surface area contributed by atoms with Crippen molar-refractivity contribution in [2.75, 3.05) is 33.7 Å². The lowest BCUT2D eigenvalue weighted by Gasteiger charge is -2.16. The molecule has 1 aromatic rings. The third-order valence-corrected chi connectivity index (χ3v) is 2.26. The minimum absolute atomic E-state index is 0.292. The summed E-state index contributed by atoms with van der Waals surface area (Å²) in [4.78, 5) is 1.98. The molecule has 1 atom stereocenters. The van der Waals surface area contributed by atoms with Crippen LogP contribution in [0.1, 0.15) is 6.42 Å². The average molecular weight is 226 g/mol.